The third-order valence-corrected chi connectivity index (χ3v) is 1.43. The third kappa shape index (κ3) is 2.86. The summed E-state index contributed by atoms with van der Waals surface area (Å²) in [6, 6.07) is 5.00. The Kier molecular flexibility index (Phi) is 3.50. The molecule has 0 saturated heterocycles. The summed E-state index contributed by atoms with van der Waals surface area (Å²) < 4.78 is 0. The third-order valence-electron chi connectivity index (χ3n) is 1.43. The van der Waals surface area contributed by atoms with Crippen molar-refractivity contribution in [2.75, 3.05) is 13.2 Å². The normalized spacial score (nSPS) is 10.1. The van der Waals surface area contributed by atoms with Crippen molar-refractivity contribution in [3.63, 3.8) is 0 Å². The van der Waals surface area contributed by atoms with Crippen molar-refractivity contribution in [3.05, 3.63) is 34.2 Å². The van der Waals surface area contributed by atoms with Crippen LogP contribution in [0.2, 0.25) is 0 Å². The standard InChI is InChI=1S/C8H12N2O2/c11-5-4-9-6-7-2-1-3-8(12)10-7/h1-3,9,11H,4-6H2,(H,10,12). The van der Waals surface area contributed by atoms with Crippen LogP contribution in [0.4, 0.5) is 0 Å². The highest BCUT2D eigenvalue weighted by atomic mass is 16.3. The number of hydrogen-bond acceptors (Lipinski definition) is 3. The van der Waals surface area contributed by atoms with Crippen LogP contribution in [-0.4, -0.2) is 23.2 Å². The summed E-state index contributed by atoms with van der Waals surface area (Å²) in [4.78, 5) is 13.5. The van der Waals surface area contributed by atoms with E-state index in [0.29, 0.717) is 13.1 Å². The first kappa shape index (κ1) is 8.96. The van der Waals surface area contributed by atoms with Crippen molar-refractivity contribution >= 4 is 0 Å². The fraction of sp³-hybridized carbons (Fsp3) is 0.375. The lowest BCUT2D eigenvalue weighted by Gasteiger charge is -2.01. The molecule has 1 heterocycles. The van der Waals surface area contributed by atoms with Crippen molar-refractivity contribution in [2.24, 2.45) is 0 Å². The van der Waals surface area contributed by atoms with Gasteiger partial charge < -0.3 is 15.4 Å². The molecule has 0 atom stereocenters. The summed E-state index contributed by atoms with van der Waals surface area (Å²) in [5.74, 6) is 0. The van der Waals surface area contributed by atoms with E-state index in [1.165, 1.54) is 6.07 Å². The van der Waals surface area contributed by atoms with E-state index in [1.807, 2.05) is 6.07 Å². The average Bonchev–Trinajstić information content (AvgIpc) is 2.05. The quantitative estimate of drug-likeness (QED) is 0.529. The first-order chi connectivity index (χ1) is 5.83. The first-order valence-electron chi connectivity index (χ1n) is 3.83. The minimum atomic E-state index is -0.0988. The number of aromatic nitrogens is 1. The van der Waals surface area contributed by atoms with E-state index in [0.717, 1.165) is 5.69 Å². The predicted octanol–water partition coefficient (Wildman–Crippen LogP) is -0.543. The van der Waals surface area contributed by atoms with Crippen molar-refractivity contribution in [2.45, 2.75) is 6.54 Å². The topological polar surface area (TPSA) is 65.1 Å². The van der Waals surface area contributed by atoms with Crippen LogP contribution >= 0.6 is 0 Å². The summed E-state index contributed by atoms with van der Waals surface area (Å²) in [7, 11) is 0. The number of pyridine rings is 1. The van der Waals surface area contributed by atoms with E-state index in [-0.39, 0.29) is 12.2 Å². The zero-order chi connectivity index (χ0) is 8.81. The first-order valence-corrected chi connectivity index (χ1v) is 3.83. The van der Waals surface area contributed by atoms with Gasteiger partial charge >= 0.3 is 0 Å². The minimum Gasteiger partial charge on any atom is -0.395 e. The monoisotopic (exact) mass is 168 g/mol. The van der Waals surface area contributed by atoms with Crippen LogP contribution < -0.4 is 10.9 Å². The lowest BCUT2D eigenvalue weighted by molar-refractivity contribution is 0.291. The maximum Gasteiger partial charge on any atom is 0.248 e. The highest BCUT2D eigenvalue weighted by molar-refractivity contribution is 5.03. The maximum atomic E-state index is 10.8. The van der Waals surface area contributed by atoms with Gasteiger partial charge in [-0.2, -0.15) is 0 Å². The van der Waals surface area contributed by atoms with Crippen molar-refractivity contribution in [3.8, 4) is 0 Å². The highest BCUT2D eigenvalue weighted by Crippen LogP contribution is 1.87. The second-order valence-corrected chi connectivity index (χ2v) is 2.44. The number of hydrogen-bond donors (Lipinski definition) is 3. The van der Waals surface area contributed by atoms with Crippen LogP contribution in [0.15, 0.2) is 23.0 Å². The maximum absolute atomic E-state index is 10.8. The van der Waals surface area contributed by atoms with Gasteiger partial charge in [0.05, 0.1) is 6.61 Å². The van der Waals surface area contributed by atoms with Gasteiger partial charge in [-0.1, -0.05) is 6.07 Å². The molecule has 0 bridgehead atoms. The smallest absolute Gasteiger partial charge is 0.248 e. The Morgan fingerprint density at radius 2 is 2.33 bits per heavy atom. The SMILES string of the molecule is O=c1cccc(CNCCO)[nH]1. The molecule has 1 aromatic heterocycles. The molecule has 0 aliphatic carbocycles. The summed E-state index contributed by atoms with van der Waals surface area (Å²) in [6.07, 6.45) is 0. The molecule has 1 rings (SSSR count). The number of aliphatic hydroxyl groups is 1. The van der Waals surface area contributed by atoms with Crippen molar-refractivity contribution < 1.29 is 5.11 Å². The molecule has 0 aromatic carbocycles. The largest absolute Gasteiger partial charge is 0.395 e. The Bertz CT molecular complexity index is 282. The molecule has 0 amide bonds. The van der Waals surface area contributed by atoms with Crippen LogP contribution in [0, 0.1) is 0 Å². The Morgan fingerprint density at radius 1 is 1.50 bits per heavy atom. The van der Waals surface area contributed by atoms with E-state index in [4.69, 9.17) is 5.11 Å². The molecular formula is C8H12N2O2. The summed E-state index contributed by atoms with van der Waals surface area (Å²) >= 11 is 0. The van der Waals surface area contributed by atoms with Gasteiger partial charge in [-0.05, 0) is 6.07 Å². The fourth-order valence-corrected chi connectivity index (χ4v) is 0.898. The molecule has 0 aliphatic rings. The second-order valence-electron chi connectivity index (χ2n) is 2.44. The van der Waals surface area contributed by atoms with Crippen LogP contribution in [-0.2, 0) is 6.54 Å². The molecule has 0 aliphatic heterocycles. The summed E-state index contributed by atoms with van der Waals surface area (Å²) in [6.45, 7) is 1.23. The van der Waals surface area contributed by atoms with Crippen molar-refractivity contribution in [1.82, 2.24) is 10.3 Å². The van der Waals surface area contributed by atoms with E-state index in [2.05, 4.69) is 10.3 Å². The predicted molar refractivity (Wildman–Crippen MR) is 45.9 cm³/mol. The minimum absolute atomic E-state index is 0.0988. The second kappa shape index (κ2) is 4.69. The van der Waals surface area contributed by atoms with Crippen LogP contribution in [0.3, 0.4) is 0 Å². The average molecular weight is 168 g/mol. The van der Waals surface area contributed by atoms with Gasteiger partial charge in [0.15, 0.2) is 0 Å². The number of aromatic amines is 1. The van der Waals surface area contributed by atoms with Gasteiger partial charge in [0.1, 0.15) is 0 Å². The molecule has 0 spiro atoms. The molecule has 1 aromatic rings. The number of aliphatic hydroxyl groups excluding tert-OH is 1. The number of rotatable bonds is 4. The molecule has 0 saturated carbocycles. The van der Waals surface area contributed by atoms with Crippen LogP contribution in [0.1, 0.15) is 5.69 Å². The molecule has 0 radical (unpaired) electrons. The highest BCUT2D eigenvalue weighted by Gasteiger charge is 1.90. The van der Waals surface area contributed by atoms with Gasteiger partial charge in [-0.3, -0.25) is 4.79 Å². The number of nitrogens with one attached hydrogen (secondary N) is 2. The Hall–Kier alpha value is -1.13. The molecule has 4 heteroatoms. The van der Waals surface area contributed by atoms with Crippen LogP contribution in [0.25, 0.3) is 0 Å². The number of H-pyrrole nitrogens is 1. The zero-order valence-corrected chi connectivity index (χ0v) is 6.71. The van der Waals surface area contributed by atoms with Gasteiger partial charge in [0.25, 0.3) is 0 Å². The van der Waals surface area contributed by atoms with E-state index >= 15 is 0 Å². The van der Waals surface area contributed by atoms with Gasteiger partial charge in [-0.25, -0.2) is 0 Å². The van der Waals surface area contributed by atoms with E-state index in [1.54, 1.807) is 6.07 Å². The van der Waals surface area contributed by atoms with Crippen LogP contribution in [0.5, 0.6) is 0 Å². The lowest BCUT2D eigenvalue weighted by Crippen LogP contribution is -2.19. The Labute approximate surface area is 70.3 Å². The molecule has 66 valence electrons. The van der Waals surface area contributed by atoms with Gasteiger partial charge in [0.2, 0.25) is 5.56 Å². The lowest BCUT2D eigenvalue weighted by atomic mass is 10.3. The van der Waals surface area contributed by atoms with Crippen molar-refractivity contribution in [1.29, 1.82) is 0 Å². The van der Waals surface area contributed by atoms with Gasteiger partial charge in [-0.15, -0.1) is 0 Å². The molecular weight excluding hydrogens is 156 g/mol. The molecule has 3 N–H and O–H groups in total. The molecule has 12 heavy (non-hydrogen) atoms. The van der Waals surface area contributed by atoms with Gasteiger partial charge in [0, 0.05) is 24.8 Å². The summed E-state index contributed by atoms with van der Waals surface area (Å²) in [5.41, 5.74) is 0.731. The Balaban J connectivity index is 2.47. The molecule has 0 unspecified atom stereocenters. The fourth-order valence-electron chi connectivity index (χ4n) is 0.898. The summed E-state index contributed by atoms with van der Waals surface area (Å²) in [5, 5.41) is 11.4. The zero-order valence-electron chi connectivity index (χ0n) is 6.71. The van der Waals surface area contributed by atoms with E-state index < -0.39 is 0 Å². The molecule has 0 fully saturated rings. The van der Waals surface area contributed by atoms with E-state index in [9.17, 15) is 4.79 Å². The Morgan fingerprint density at radius 3 is 3.00 bits per heavy atom. The molecule has 4 nitrogen and oxygen atoms in total.